The molecular formula is C13H10F3O4PS. The minimum atomic E-state index is -6.01. The van der Waals surface area contributed by atoms with Gasteiger partial charge in [-0.1, -0.05) is 36.4 Å². The summed E-state index contributed by atoms with van der Waals surface area (Å²) in [5.74, 6) is 0. The molecule has 2 aromatic rings. The van der Waals surface area contributed by atoms with Crippen LogP contribution in [0.4, 0.5) is 13.2 Å². The maximum absolute atomic E-state index is 13.0. The van der Waals surface area contributed by atoms with Gasteiger partial charge in [-0.25, -0.2) is 0 Å². The lowest BCUT2D eigenvalue weighted by atomic mass is 10.4. The Morgan fingerprint density at radius 3 is 1.50 bits per heavy atom. The summed E-state index contributed by atoms with van der Waals surface area (Å²) in [7, 11) is -10.5. The molecule has 0 unspecified atom stereocenters. The Morgan fingerprint density at radius 2 is 1.18 bits per heavy atom. The fraction of sp³-hybridized carbons (Fsp3) is 0.0769. The molecule has 0 aliphatic heterocycles. The van der Waals surface area contributed by atoms with E-state index in [2.05, 4.69) is 3.97 Å². The third-order valence-corrected chi connectivity index (χ3v) is 6.83. The van der Waals surface area contributed by atoms with Crippen LogP contribution in [0.5, 0.6) is 0 Å². The van der Waals surface area contributed by atoms with Gasteiger partial charge in [-0.3, -0.25) is 4.57 Å². The van der Waals surface area contributed by atoms with Crippen molar-refractivity contribution in [2.24, 2.45) is 0 Å². The van der Waals surface area contributed by atoms with Crippen molar-refractivity contribution in [3.05, 3.63) is 60.7 Å². The largest absolute Gasteiger partial charge is 0.523 e. The summed E-state index contributed by atoms with van der Waals surface area (Å²) >= 11 is 0. The summed E-state index contributed by atoms with van der Waals surface area (Å²) in [6.07, 6.45) is 0. The Labute approximate surface area is 125 Å². The second kappa shape index (κ2) is 5.87. The van der Waals surface area contributed by atoms with Crippen LogP contribution in [-0.4, -0.2) is 13.9 Å². The Hall–Kier alpha value is -1.63. The molecule has 2 aromatic carbocycles. The number of hydrogen-bond acceptors (Lipinski definition) is 4. The number of halogens is 3. The van der Waals surface area contributed by atoms with Crippen LogP contribution in [0.1, 0.15) is 0 Å². The standard InChI is InChI=1S/C13H10F3O4PS/c14-13(15,16)22(18,19)20-21(17,11-7-3-1-4-8-11)12-9-5-2-6-10-12/h1-10H. The topological polar surface area (TPSA) is 60.4 Å². The first kappa shape index (κ1) is 16.7. The normalized spacial score (nSPS) is 13.0. The van der Waals surface area contributed by atoms with Gasteiger partial charge in [-0.15, -0.1) is 0 Å². The molecule has 0 aliphatic rings. The molecule has 0 aliphatic carbocycles. The summed E-state index contributed by atoms with van der Waals surface area (Å²) in [6, 6.07) is 13.8. The zero-order valence-corrected chi connectivity index (χ0v) is 12.6. The molecule has 0 saturated heterocycles. The highest BCUT2D eigenvalue weighted by molar-refractivity contribution is 7.95. The van der Waals surface area contributed by atoms with E-state index in [4.69, 9.17) is 0 Å². The van der Waals surface area contributed by atoms with Crippen LogP contribution in [0.15, 0.2) is 60.7 Å². The number of alkyl halides is 3. The Bertz CT molecular complexity index is 746. The van der Waals surface area contributed by atoms with E-state index >= 15 is 0 Å². The van der Waals surface area contributed by atoms with Crippen LogP contribution in [-0.2, 0) is 18.7 Å². The van der Waals surface area contributed by atoms with Gasteiger partial charge in [0, 0.05) is 10.6 Å². The van der Waals surface area contributed by atoms with Crippen LogP contribution < -0.4 is 10.6 Å². The second-order valence-corrected chi connectivity index (χ2v) is 8.30. The summed E-state index contributed by atoms with van der Waals surface area (Å²) in [5.41, 5.74) is -5.66. The van der Waals surface area contributed by atoms with Crippen LogP contribution in [0, 0.1) is 0 Å². The van der Waals surface area contributed by atoms with Crippen LogP contribution in [0.25, 0.3) is 0 Å². The Kier molecular flexibility index (Phi) is 4.47. The molecule has 22 heavy (non-hydrogen) atoms. The molecule has 0 aromatic heterocycles. The second-order valence-electron chi connectivity index (χ2n) is 4.20. The molecule has 2 rings (SSSR count). The third-order valence-electron chi connectivity index (χ3n) is 2.68. The lowest BCUT2D eigenvalue weighted by Crippen LogP contribution is -2.29. The summed E-state index contributed by atoms with van der Waals surface area (Å²) in [5, 5.41) is -0.289. The molecule has 0 atom stereocenters. The van der Waals surface area contributed by atoms with E-state index in [1.807, 2.05) is 0 Å². The van der Waals surface area contributed by atoms with E-state index in [1.165, 1.54) is 48.5 Å². The molecule has 0 bridgehead atoms. The lowest BCUT2D eigenvalue weighted by molar-refractivity contribution is -0.0498. The highest BCUT2D eigenvalue weighted by Gasteiger charge is 2.51. The first-order valence-electron chi connectivity index (χ1n) is 5.90. The monoisotopic (exact) mass is 350 g/mol. The van der Waals surface area contributed by atoms with Gasteiger partial charge in [0.1, 0.15) is 0 Å². The SMILES string of the molecule is O=P(OS(=O)(=O)C(F)(F)F)(c1ccccc1)c1ccccc1. The van der Waals surface area contributed by atoms with E-state index in [0.717, 1.165) is 0 Å². The highest BCUT2D eigenvalue weighted by Crippen LogP contribution is 2.48. The van der Waals surface area contributed by atoms with Crippen molar-refractivity contribution in [2.45, 2.75) is 5.51 Å². The summed E-state index contributed by atoms with van der Waals surface area (Å²) in [6.45, 7) is 0. The number of hydrogen-bond donors (Lipinski definition) is 0. The molecule has 4 nitrogen and oxygen atoms in total. The molecule has 0 saturated carbocycles. The van der Waals surface area contributed by atoms with E-state index in [-0.39, 0.29) is 10.6 Å². The van der Waals surface area contributed by atoms with Gasteiger partial charge in [0.15, 0.2) is 0 Å². The van der Waals surface area contributed by atoms with Gasteiger partial charge in [0.05, 0.1) is 0 Å². The quantitative estimate of drug-likeness (QED) is 0.628. The first-order valence-corrected chi connectivity index (χ1v) is 8.94. The van der Waals surface area contributed by atoms with Crippen molar-refractivity contribution in [1.29, 1.82) is 0 Å². The third kappa shape index (κ3) is 3.24. The van der Waals surface area contributed by atoms with Crippen molar-refractivity contribution in [2.75, 3.05) is 0 Å². The molecule has 0 N–H and O–H groups in total. The van der Waals surface area contributed by atoms with Crippen molar-refractivity contribution in [3.8, 4) is 0 Å². The van der Waals surface area contributed by atoms with E-state index in [1.54, 1.807) is 12.1 Å². The van der Waals surface area contributed by atoms with Crippen molar-refractivity contribution in [1.82, 2.24) is 0 Å². The zero-order chi connectivity index (χ0) is 16.4. The van der Waals surface area contributed by atoms with Crippen LogP contribution in [0.2, 0.25) is 0 Å². The van der Waals surface area contributed by atoms with Crippen LogP contribution in [0.3, 0.4) is 0 Å². The van der Waals surface area contributed by atoms with Crippen molar-refractivity contribution in [3.63, 3.8) is 0 Å². The molecule has 118 valence electrons. The smallest absolute Gasteiger partial charge is 0.281 e. The fourth-order valence-electron chi connectivity index (χ4n) is 1.66. The average Bonchev–Trinajstić information content (AvgIpc) is 2.47. The minimum absolute atomic E-state index is 0.144. The summed E-state index contributed by atoms with van der Waals surface area (Å²) < 4.78 is 77.4. The molecule has 0 amide bonds. The zero-order valence-electron chi connectivity index (χ0n) is 10.9. The predicted octanol–water partition coefficient (Wildman–Crippen LogP) is 2.78. The van der Waals surface area contributed by atoms with Gasteiger partial charge in [0.2, 0.25) is 0 Å². The van der Waals surface area contributed by atoms with Gasteiger partial charge in [-0.05, 0) is 24.3 Å². The van der Waals surface area contributed by atoms with Gasteiger partial charge >= 0.3 is 15.6 Å². The first-order chi connectivity index (χ1) is 10.2. The molecule has 0 spiro atoms. The van der Waals surface area contributed by atoms with Crippen molar-refractivity contribution < 1.29 is 30.1 Å². The fourth-order valence-corrected chi connectivity index (χ4v) is 5.22. The summed E-state index contributed by atoms with van der Waals surface area (Å²) in [4.78, 5) is 0. The lowest BCUT2D eigenvalue weighted by Gasteiger charge is -2.19. The van der Waals surface area contributed by atoms with E-state index < -0.39 is 23.0 Å². The molecule has 0 fully saturated rings. The Morgan fingerprint density at radius 1 is 0.818 bits per heavy atom. The molecular weight excluding hydrogens is 340 g/mol. The van der Waals surface area contributed by atoms with Gasteiger partial charge < -0.3 is 0 Å². The Balaban J connectivity index is 2.61. The average molecular weight is 350 g/mol. The molecule has 9 heteroatoms. The minimum Gasteiger partial charge on any atom is -0.281 e. The maximum atomic E-state index is 13.0. The van der Waals surface area contributed by atoms with Gasteiger partial charge in [0.25, 0.3) is 7.37 Å². The van der Waals surface area contributed by atoms with Crippen LogP contribution >= 0.6 is 7.37 Å². The predicted molar refractivity (Wildman–Crippen MR) is 75.8 cm³/mol. The molecule has 0 heterocycles. The maximum Gasteiger partial charge on any atom is 0.523 e. The highest BCUT2D eigenvalue weighted by atomic mass is 32.2. The number of rotatable bonds is 4. The van der Waals surface area contributed by atoms with Gasteiger partial charge in [-0.2, -0.15) is 25.6 Å². The number of benzene rings is 2. The van der Waals surface area contributed by atoms with Crippen molar-refractivity contribution >= 4 is 28.1 Å². The molecule has 0 radical (unpaired) electrons. The van der Waals surface area contributed by atoms with E-state index in [0.29, 0.717) is 0 Å². The van der Waals surface area contributed by atoms with E-state index in [9.17, 15) is 26.2 Å².